The molecule has 7 nitrogen and oxygen atoms in total. The van der Waals surface area contributed by atoms with Crippen LogP contribution in [0.5, 0.6) is 0 Å². The fourth-order valence-corrected chi connectivity index (χ4v) is 3.07. The van der Waals surface area contributed by atoms with Gasteiger partial charge in [0, 0.05) is 23.5 Å². The summed E-state index contributed by atoms with van der Waals surface area (Å²) in [5.41, 5.74) is 6.02. The first kappa shape index (κ1) is 24.4. The van der Waals surface area contributed by atoms with Gasteiger partial charge in [-0.1, -0.05) is 6.92 Å². The Bertz CT molecular complexity index is 1250. The Morgan fingerprint density at radius 2 is 1.76 bits per heavy atom. The van der Waals surface area contributed by atoms with Crippen molar-refractivity contribution in [1.29, 1.82) is 5.26 Å². The molecule has 34 heavy (non-hydrogen) atoms. The summed E-state index contributed by atoms with van der Waals surface area (Å²) in [6, 6.07) is 11.4. The molecule has 0 aliphatic heterocycles. The average Bonchev–Trinajstić information content (AvgIpc) is 2.78. The lowest BCUT2D eigenvalue weighted by Crippen LogP contribution is -2.05. The first-order valence-corrected chi connectivity index (χ1v) is 10.2. The predicted molar refractivity (Wildman–Crippen MR) is 122 cm³/mol. The van der Waals surface area contributed by atoms with Crippen LogP contribution in [-0.4, -0.2) is 11.5 Å². The van der Waals surface area contributed by atoms with Crippen molar-refractivity contribution in [2.45, 2.75) is 26.4 Å². The number of nitrogens with one attached hydrogen (secondary N) is 2. The largest absolute Gasteiger partial charge is 0.418 e. The van der Waals surface area contributed by atoms with E-state index >= 15 is 0 Å². The zero-order valence-corrected chi connectivity index (χ0v) is 18.3. The van der Waals surface area contributed by atoms with Gasteiger partial charge >= 0.3 is 6.18 Å². The van der Waals surface area contributed by atoms with Gasteiger partial charge in [-0.3, -0.25) is 0 Å². The van der Waals surface area contributed by atoms with E-state index < -0.39 is 23.2 Å². The van der Waals surface area contributed by atoms with Crippen LogP contribution in [0.2, 0.25) is 0 Å². The number of benzene rings is 2. The average molecular weight is 471 g/mol. The molecule has 0 amide bonds. The third kappa shape index (κ3) is 5.58. The van der Waals surface area contributed by atoms with E-state index in [-0.39, 0.29) is 28.5 Å². The summed E-state index contributed by atoms with van der Waals surface area (Å²) in [6.45, 7) is 4.42. The van der Waals surface area contributed by atoms with E-state index in [4.69, 9.17) is 5.73 Å². The van der Waals surface area contributed by atoms with Gasteiger partial charge in [0.05, 0.1) is 16.8 Å². The minimum absolute atomic E-state index is 0.0568. The molecular formula is C23H21F4N7. The molecule has 0 atom stereocenters. The van der Waals surface area contributed by atoms with E-state index in [1.54, 1.807) is 12.1 Å². The van der Waals surface area contributed by atoms with Crippen LogP contribution < -0.4 is 16.4 Å². The molecule has 4 N–H and O–H groups in total. The number of nitrogens with zero attached hydrogens (tertiary/aromatic N) is 4. The maximum Gasteiger partial charge on any atom is 0.418 e. The van der Waals surface area contributed by atoms with Crippen LogP contribution >= 0.6 is 0 Å². The van der Waals surface area contributed by atoms with Crippen molar-refractivity contribution in [2.75, 3.05) is 22.9 Å². The van der Waals surface area contributed by atoms with Crippen molar-refractivity contribution in [2.24, 2.45) is 10.2 Å². The minimum atomic E-state index is -4.83. The number of alkyl halides is 3. The number of nitriles is 1. The summed E-state index contributed by atoms with van der Waals surface area (Å²) >= 11 is 0. The number of hydrogen-bond acceptors (Lipinski definition) is 7. The Kier molecular flexibility index (Phi) is 7.31. The van der Waals surface area contributed by atoms with Gasteiger partial charge in [0.2, 0.25) is 0 Å². The molecule has 0 spiro atoms. The van der Waals surface area contributed by atoms with E-state index in [9.17, 15) is 22.8 Å². The Labute approximate surface area is 193 Å². The Balaban J connectivity index is 1.93. The number of pyridine rings is 1. The monoisotopic (exact) mass is 471 g/mol. The standard InChI is InChI=1S/C23H21F4N7/c1-3-10-30-15-5-7-16(8-6-15)31-22-17(12-28)13(2)20(21(29)32-22)34-33-19-9-4-14(24)11-18(19)23(25,26)27/h4-9,11,30H,3,10H2,1-2H3,(H3,29,31,32)/b34-33+. The van der Waals surface area contributed by atoms with Gasteiger partial charge in [0.1, 0.15) is 17.6 Å². The maximum absolute atomic E-state index is 13.3. The molecule has 0 bridgehead atoms. The van der Waals surface area contributed by atoms with E-state index in [0.29, 0.717) is 11.8 Å². The highest BCUT2D eigenvalue weighted by Gasteiger charge is 2.34. The molecule has 1 aromatic heterocycles. The second-order valence-corrected chi connectivity index (χ2v) is 7.29. The van der Waals surface area contributed by atoms with Gasteiger partial charge in [-0.05, 0) is 55.8 Å². The highest BCUT2D eigenvalue weighted by Crippen LogP contribution is 2.39. The van der Waals surface area contributed by atoms with E-state index in [2.05, 4.69) is 32.8 Å². The van der Waals surface area contributed by atoms with Crippen LogP contribution in [0.4, 0.5) is 51.9 Å². The van der Waals surface area contributed by atoms with Crippen LogP contribution in [0.3, 0.4) is 0 Å². The normalized spacial score (nSPS) is 11.4. The smallest absolute Gasteiger partial charge is 0.385 e. The topological polar surface area (TPSA) is 111 Å². The molecule has 176 valence electrons. The lowest BCUT2D eigenvalue weighted by Gasteiger charge is -2.13. The number of aromatic nitrogens is 1. The van der Waals surface area contributed by atoms with Crippen molar-refractivity contribution in [1.82, 2.24) is 4.98 Å². The van der Waals surface area contributed by atoms with Gasteiger partial charge in [-0.25, -0.2) is 9.37 Å². The third-order valence-corrected chi connectivity index (χ3v) is 4.80. The van der Waals surface area contributed by atoms with E-state index in [1.807, 2.05) is 18.2 Å². The maximum atomic E-state index is 13.3. The number of hydrogen-bond donors (Lipinski definition) is 3. The number of nitrogen functional groups attached to an aromatic ring is 1. The van der Waals surface area contributed by atoms with Gasteiger partial charge < -0.3 is 16.4 Å². The van der Waals surface area contributed by atoms with E-state index in [1.165, 1.54) is 6.92 Å². The summed E-state index contributed by atoms with van der Waals surface area (Å²) in [4.78, 5) is 4.16. The van der Waals surface area contributed by atoms with Gasteiger partial charge in [0.15, 0.2) is 11.6 Å². The summed E-state index contributed by atoms with van der Waals surface area (Å²) in [5, 5.41) is 23.3. The summed E-state index contributed by atoms with van der Waals surface area (Å²) in [5.74, 6) is -1.02. The molecule has 3 rings (SSSR count). The van der Waals surface area contributed by atoms with E-state index in [0.717, 1.165) is 30.8 Å². The Morgan fingerprint density at radius 3 is 2.38 bits per heavy atom. The summed E-state index contributed by atoms with van der Waals surface area (Å²) in [7, 11) is 0. The molecule has 3 aromatic rings. The highest BCUT2D eigenvalue weighted by molar-refractivity contribution is 5.75. The second kappa shape index (κ2) is 10.2. The molecule has 0 aliphatic rings. The number of anilines is 4. The zero-order chi connectivity index (χ0) is 24.9. The third-order valence-electron chi connectivity index (χ3n) is 4.80. The molecular weight excluding hydrogens is 450 g/mol. The SMILES string of the molecule is CCCNc1ccc(Nc2nc(N)c(/N=N/c3ccc(F)cc3C(F)(F)F)c(C)c2C#N)cc1. The molecule has 0 saturated carbocycles. The van der Waals surface area contributed by atoms with Crippen molar-refractivity contribution in [3.63, 3.8) is 0 Å². The molecule has 0 aliphatic carbocycles. The zero-order valence-electron chi connectivity index (χ0n) is 18.3. The molecule has 1 heterocycles. The van der Waals surface area contributed by atoms with Crippen LogP contribution in [0.25, 0.3) is 0 Å². The van der Waals surface area contributed by atoms with Crippen molar-refractivity contribution < 1.29 is 17.6 Å². The van der Waals surface area contributed by atoms with Crippen molar-refractivity contribution >= 4 is 34.4 Å². The lowest BCUT2D eigenvalue weighted by atomic mass is 10.1. The molecule has 0 saturated heterocycles. The number of azo groups is 1. The number of nitrogens with two attached hydrogens (primary N) is 1. The first-order valence-electron chi connectivity index (χ1n) is 10.2. The molecule has 0 unspecified atom stereocenters. The predicted octanol–water partition coefficient (Wildman–Crippen LogP) is 6.98. The van der Waals surface area contributed by atoms with Crippen LogP contribution in [0.1, 0.15) is 30.0 Å². The second-order valence-electron chi connectivity index (χ2n) is 7.29. The number of halogens is 4. The molecule has 2 aromatic carbocycles. The van der Waals surface area contributed by atoms with Gasteiger partial charge in [-0.2, -0.15) is 18.4 Å². The van der Waals surface area contributed by atoms with Gasteiger partial charge in [-0.15, -0.1) is 10.2 Å². The van der Waals surface area contributed by atoms with Crippen molar-refractivity contribution in [3.8, 4) is 6.07 Å². The van der Waals surface area contributed by atoms with Gasteiger partial charge in [0.25, 0.3) is 0 Å². The van der Waals surface area contributed by atoms with Crippen LogP contribution in [-0.2, 0) is 6.18 Å². The Hall–Kier alpha value is -4.20. The van der Waals surface area contributed by atoms with Crippen LogP contribution in [0.15, 0.2) is 52.7 Å². The highest BCUT2D eigenvalue weighted by atomic mass is 19.4. The molecule has 0 fully saturated rings. The minimum Gasteiger partial charge on any atom is -0.385 e. The Morgan fingerprint density at radius 1 is 1.09 bits per heavy atom. The summed E-state index contributed by atoms with van der Waals surface area (Å²) < 4.78 is 53.0. The van der Waals surface area contributed by atoms with Crippen LogP contribution in [0, 0.1) is 24.1 Å². The fourth-order valence-electron chi connectivity index (χ4n) is 3.07. The molecule has 0 radical (unpaired) electrons. The lowest BCUT2D eigenvalue weighted by molar-refractivity contribution is -0.137. The fraction of sp³-hybridized carbons (Fsp3) is 0.217. The molecule has 11 heteroatoms. The number of rotatable bonds is 7. The summed E-state index contributed by atoms with van der Waals surface area (Å²) in [6.07, 6.45) is -3.85. The quantitative estimate of drug-likeness (QED) is 0.254. The van der Waals surface area contributed by atoms with Crippen molar-refractivity contribution in [3.05, 3.63) is 65.0 Å². The first-order chi connectivity index (χ1) is 16.1.